The van der Waals surface area contributed by atoms with Crippen LogP contribution in [0, 0.1) is 0 Å². The van der Waals surface area contributed by atoms with Crippen molar-refractivity contribution >= 4 is 41.7 Å². The van der Waals surface area contributed by atoms with Gasteiger partial charge in [0.2, 0.25) is 0 Å². The highest BCUT2D eigenvalue weighted by Gasteiger charge is 2.29. The molecular formula is C13H25F3IN3S. The zero-order valence-corrected chi connectivity index (χ0v) is 15.9. The van der Waals surface area contributed by atoms with Gasteiger partial charge >= 0.3 is 6.18 Å². The average molecular weight is 439 g/mol. The van der Waals surface area contributed by atoms with E-state index in [0.717, 1.165) is 24.8 Å². The molecule has 0 aromatic carbocycles. The van der Waals surface area contributed by atoms with Crippen molar-refractivity contribution in [3.63, 3.8) is 0 Å². The van der Waals surface area contributed by atoms with Gasteiger partial charge in [0.15, 0.2) is 5.96 Å². The molecule has 0 aliphatic carbocycles. The number of halogens is 4. The van der Waals surface area contributed by atoms with Crippen LogP contribution in [0.15, 0.2) is 4.99 Å². The van der Waals surface area contributed by atoms with Gasteiger partial charge in [-0.05, 0) is 26.7 Å². The molecule has 1 rings (SSSR count). The topological polar surface area (TPSA) is 27.6 Å². The lowest BCUT2D eigenvalue weighted by Crippen LogP contribution is -2.51. The van der Waals surface area contributed by atoms with Crippen molar-refractivity contribution in [2.45, 2.75) is 44.0 Å². The molecule has 8 heteroatoms. The third-order valence-electron chi connectivity index (χ3n) is 3.11. The van der Waals surface area contributed by atoms with Crippen molar-refractivity contribution in [2.75, 3.05) is 32.4 Å². The molecule has 0 spiro atoms. The Labute approximate surface area is 146 Å². The molecule has 1 saturated heterocycles. The molecule has 0 bridgehead atoms. The van der Waals surface area contributed by atoms with Crippen LogP contribution < -0.4 is 5.32 Å². The Morgan fingerprint density at radius 1 is 1.33 bits per heavy atom. The fourth-order valence-corrected chi connectivity index (χ4v) is 3.29. The fraction of sp³-hybridized carbons (Fsp3) is 0.923. The van der Waals surface area contributed by atoms with E-state index in [9.17, 15) is 13.2 Å². The minimum Gasteiger partial charge on any atom is -0.356 e. The maximum atomic E-state index is 12.0. The lowest BCUT2D eigenvalue weighted by molar-refractivity contribution is -0.135. The van der Waals surface area contributed by atoms with Crippen LogP contribution in [0.3, 0.4) is 0 Å². The highest BCUT2D eigenvalue weighted by atomic mass is 127. The van der Waals surface area contributed by atoms with E-state index >= 15 is 0 Å². The van der Waals surface area contributed by atoms with Gasteiger partial charge in [-0.15, -0.1) is 24.0 Å². The summed E-state index contributed by atoms with van der Waals surface area (Å²) in [6, 6.07) is 0. The molecule has 1 aliphatic heterocycles. The maximum Gasteiger partial charge on any atom is 0.389 e. The predicted octanol–water partition coefficient (Wildman–Crippen LogP) is 3.74. The molecule has 1 fully saturated rings. The van der Waals surface area contributed by atoms with Crippen LogP contribution in [-0.4, -0.2) is 54.2 Å². The third kappa shape index (κ3) is 9.00. The van der Waals surface area contributed by atoms with E-state index in [-0.39, 0.29) is 35.1 Å². The van der Waals surface area contributed by atoms with Crippen molar-refractivity contribution in [2.24, 2.45) is 4.99 Å². The highest BCUT2D eigenvalue weighted by molar-refractivity contribution is 14.0. The van der Waals surface area contributed by atoms with Crippen LogP contribution in [0.25, 0.3) is 0 Å². The van der Waals surface area contributed by atoms with Gasteiger partial charge in [0.25, 0.3) is 0 Å². The number of nitrogens with one attached hydrogen (secondary N) is 1. The first-order valence-electron chi connectivity index (χ1n) is 6.90. The van der Waals surface area contributed by atoms with Crippen molar-refractivity contribution < 1.29 is 13.2 Å². The van der Waals surface area contributed by atoms with Gasteiger partial charge < -0.3 is 10.2 Å². The molecule has 0 saturated carbocycles. The Morgan fingerprint density at radius 2 is 2.00 bits per heavy atom. The minimum absolute atomic E-state index is 0. The number of hydrogen-bond donors (Lipinski definition) is 1. The minimum atomic E-state index is -4.05. The summed E-state index contributed by atoms with van der Waals surface area (Å²) >= 11 is 1.94. The Bertz CT molecular complexity index is 335. The first kappa shape index (κ1) is 21.1. The standard InChI is InChI=1S/C13H24F3N3S.HI/c1-12(2)10-19(8-9-20-12)11(17-3)18-7-5-4-6-13(14,15)16;/h4-10H2,1-3H3,(H,17,18);1H. The van der Waals surface area contributed by atoms with E-state index in [1.54, 1.807) is 7.05 Å². The SMILES string of the molecule is CN=C(NCCCCC(F)(F)F)N1CCSC(C)(C)C1.I. The van der Waals surface area contributed by atoms with Gasteiger partial charge in [0, 0.05) is 43.6 Å². The molecule has 0 radical (unpaired) electrons. The summed E-state index contributed by atoms with van der Waals surface area (Å²) in [5.74, 6) is 1.84. The van der Waals surface area contributed by atoms with Gasteiger partial charge in [0.05, 0.1) is 0 Å². The summed E-state index contributed by atoms with van der Waals surface area (Å²) in [5, 5.41) is 3.16. The molecule has 0 amide bonds. The molecule has 21 heavy (non-hydrogen) atoms. The Morgan fingerprint density at radius 3 is 2.52 bits per heavy atom. The molecule has 1 heterocycles. The van der Waals surface area contributed by atoms with Crippen LogP contribution in [-0.2, 0) is 0 Å². The number of unbranched alkanes of at least 4 members (excludes halogenated alkanes) is 1. The monoisotopic (exact) mass is 439 g/mol. The lowest BCUT2D eigenvalue weighted by atomic mass is 10.2. The largest absolute Gasteiger partial charge is 0.389 e. The quantitative estimate of drug-likeness (QED) is 0.313. The zero-order chi connectivity index (χ0) is 15.2. The van der Waals surface area contributed by atoms with Crippen molar-refractivity contribution in [3.05, 3.63) is 0 Å². The van der Waals surface area contributed by atoms with E-state index in [1.165, 1.54) is 0 Å². The number of aliphatic imine (C=N–C) groups is 1. The van der Waals surface area contributed by atoms with Crippen molar-refractivity contribution in [3.8, 4) is 0 Å². The molecule has 3 nitrogen and oxygen atoms in total. The Hall–Kier alpha value is 0.140. The lowest BCUT2D eigenvalue weighted by Gasteiger charge is -2.39. The summed E-state index contributed by atoms with van der Waals surface area (Å²) in [5.41, 5.74) is 0. The molecule has 1 aliphatic rings. The van der Waals surface area contributed by atoms with Gasteiger partial charge in [-0.1, -0.05) is 0 Å². The number of hydrogen-bond acceptors (Lipinski definition) is 2. The first-order valence-corrected chi connectivity index (χ1v) is 7.88. The second-order valence-corrected chi connectivity index (χ2v) is 7.38. The van der Waals surface area contributed by atoms with Gasteiger partial charge in [-0.25, -0.2) is 0 Å². The number of thioether (sulfide) groups is 1. The number of nitrogens with zero attached hydrogens (tertiary/aromatic N) is 2. The van der Waals surface area contributed by atoms with Gasteiger partial charge in [0.1, 0.15) is 0 Å². The van der Waals surface area contributed by atoms with E-state index in [4.69, 9.17) is 0 Å². The predicted molar refractivity (Wildman–Crippen MR) is 94.8 cm³/mol. The van der Waals surface area contributed by atoms with Crippen LogP contribution in [0.4, 0.5) is 13.2 Å². The number of rotatable bonds is 4. The van der Waals surface area contributed by atoms with E-state index in [0.29, 0.717) is 13.0 Å². The average Bonchev–Trinajstić information content (AvgIpc) is 2.31. The molecule has 0 atom stereocenters. The number of guanidine groups is 1. The second-order valence-electron chi connectivity index (χ2n) is 5.58. The first-order chi connectivity index (χ1) is 9.23. The van der Waals surface area contributed by atoms with Crippen molar-refractivity contribution in [1.82, 2.24) is 10.2 Å². The summed E-state index contributed by atoms with van der Waals surface area (Å²) in [6.07, 6.45) is -4.09. The third-order valence-corrected chi connectivity index (χ3v) is 4.40. The summed E-state index contributed by atoms with van der Waals surface area (Å²) in [4.78, 5) is 6.40. The highest BCUT2D eigenvalue weighted by Crippen LogP contribution is 2.29. The Balaban J connectivity index is 0.00000400. The summed E-state index contributed by atoms with van der Waals surface area (Å²) in [6.45, 7) is 6.75. The second kappa shape index (κ2) is 9.32. The molecule has 126 valence electrons. The van der Waals surface area contributed by atoms with Gasteiger partial charge in [-0.3, -0.25) is 4.99 Å². The molecular weight excluding hydrogens is 414 g/mol. The van der Waals surface area contributed by atoms with Gasteiger partial charge in [-0.2, -0.15) is 24.9 Å². The van der Waals surface area contributed by atoms with E-state index in [1.807, 2.05) is 11.8 Å². The van der Waals surface area contributed by atoms with Crippen LogP contribution >= 0.6 is 35.7 Å². The molecule has 0 unspecified atom stereocenters. The number of alkyl halides is 3. The molecule has 0 aromatic heterocycles. The summed E-state index contributed by atoms with van der Waals surface area (Å²) < 4.78 is 36.3. The molecule has 0 aromatic rings. The van der Waals surface area contributed by atoms with E-state index < -0.39 is 12.6 Å². The van der Waals surface area contributed by atoms with Crippen LogP contribution in [0.2, 0.25) is 0 Å². The maximum absolute atomic E-state index is 12.0. The summed E-state index contributed by atoms with van der Waals surface area (Å²) in [7, 11) is 1.72. The smallest absolute Gasteiger partial charge is 0.356 e. The fourth-order valence-electron chi connectivity index (χ4n) is 2.18. The zero-order valence-electron chi connectivity index (χ0n) is 12.8. The van der Waals surface area contributed by atoms with Crippen molar-refractivity contribution in [1.29, 1.82) is 0 Å². The normalized spacial score (nSPS) is 19.1. The Kier molecular flexibility index (Phi) is 9.38. The van der Waals surface area contributed by atoms with Crippen LogP contribution in [0.1, 0.15) is 33.1 Å². The molecule has 1 N–H and O–H groups in total. The van der Waals surface area contributed by atoms with Crippen LogP contribution in [0.5, 0.6) is 0 Å². The van der Waals surface area contributed by atoms with E-state index in [2.05, 4.69) is 29.1 Å².